The van der Waals surface area contributed by atoms with Gasteiger partial charge in [-0.3, -0.25) is 9.78 Å². The molecule has 1 fully saturated rings. The van der Waals surface area contributed by atoms with Crippen LogP contribution in [0.3, 0.4) is 0 Å². The highest BCUT2D eigenvalue weighted by Gasteiger charge is 2.33. The Morgan fingerprint density at radius 2 is 2.12 bits per heavy atom. The van der Waals surface area contributed by atoms with E-state index < -0.39 is 0 Å². The van der Waals surface area contributed by atoms with Gasteiger partial charge in [-0.2, -0.15) is 0 Å². The first-order valence-electron chi connectivity index (χ1n) is 8.76. The molecular formula is C19H19N5OS. The van der Waals surface area contributed by atoms with Crippen LogP contribution in [0, 0.1) is 0 Å². The van der Waals surface area contributed by atoms with Gasteiger partial charge >= 0.3 is 0 Å². The van der Waals surface area contributed by atoms with Crippen LogP contribution in [-0.2, 0) is 6.42 Å². The summed E-state index contributed by atoms with van der Waals surface area (Å²) in [5.41, 5.74) is 1.91. The van der Waals surface area contributed by atoms with E-state index in [1.54, 1.807) is 24.7 Å². The predicted molar refractivity (Wildman–Crippen MR) is 99.8 cm³/mol. The molecule has 26 heavy (non-hydrogen) atoms. The summed E-state index contributed by atoms with van der Waals surface area (Å²) in [6.45, 7) is 2.78. The minimum absolute atomic E-state index is 0.0490. The van der Waals surface area contributed by atoms with Crippen LogP contribution < -0.4 is 0 Å². The van der Waals surface area contributed by atoms with Gasteiger partial charge in [-0.15, -0.1) is 11.3 Å². The van der Waals surface area contributed by atoms with Gasteiger partial charge in [-0.05, 0) is 37.0 Å². The van der Waals surface area contributed by atoms with E-state index in [0.717, 1.165) is 30.6 Å². The van der Waals surface area contributed by atoms with E-state index in [-0.39, 0.29) is 11.9 Å². The monoisotopic (exact) mass is 365 g/mol. The lowest BCUT2D eigenvalue weighted by molar-refractivity contribution is 0.0739. The SMILES string of the molecule is CCc1nc(-c2ncccn2)sc1C(=O)N1CCCC1c1cccnc1. The number of hydrogen-bond acceptors (Lipinski definition) is 6. The van der Waals surface area contributed by atoms with Crippen LogP contribution in [0.15, 0.2) is 43.0 Å². The van der Waals surface area contributed by atoms with E-state index in [0.29, 0.717) is 22.1 Å². The second-order valence-electron chi connectivity index (χ2n) is 6.16. The summed E-state index contributed by atoms with van der Waals surface area (Å²) in [5, 5.41) is 0.697. The minimum Gasteiger partial charge on any atom is -0.331 e. The fraction of sp³-hybridized carbons (Fsp3) is 0.316. The third kappa shape index (κ3) is 3.10. The Kier molecular flexibility index (Phi) is 4.71. The summed E-state index contributed by atoms with van der Waals surface area (Å²) in [4.78, 5) is 33.3. The Morgan fingerprint density at radius 3 is 2.85 bits per heavy atom. The average molecular weight is 365 g/mol. The second-order valence-corrected chi connectivity index (χ2v) is 7.16. The Hall–Kier alpha value is -2.67. The van der Waals surface area contributed by atoms with Gasteiger partial charge in [0.05, 0.1) is 11.7 Å². The van der Waals surface area contributed by atoms with E-state index in [4.69, 9.17) is 0 Å². The number of carbonyl (C=O) groups excluding carboxylic acids is 1. The zero-order valence-electron chi connectivity index (χ0n) is 14.5. The van der Waals surface area contributed by atoms with Crippen LogP contribution in [0.2, 0.25) is 0 Å². The largest absolute Gasteiger partial charge is 0.331 e. The van der Waals surface area contributed by atoms with Gasteiger partial charge in [0.25, 0.3) is 5.91 Å². The van der Waals surface area contributed by atoms with E-state index in [9.17, 15) is 4.79 Å². The van der Waals surface area contributed by atoms with Crippen LogP contribution in [0.5, 0.6) is 0 Å². The number of likely N-dealkylation sites (tertiary alicyclic amines) is 1. The van der Waals surface area contributed by atoms with Crippen LogP contribution in [0.4, 0.5) is 0 Å². The molecule has 0 saturated carbocycles. The van der Waals surface area contributed by atoms with Crippen molar-refractivity contribution >= 4 is 17.2 Å². The van der Waals surface area contributed by atoms with Gasteiger partial charge in [0.2, 0.25) is 0 Å². The Balaban J connectivity index is 1.66. The lowest BCUT2D eigenvalue weighted by atomic mass is 10.1. The molecule has 6 nitrogen and oxygen atoms in total. The molecular weight excluding hydrogens is 346 g/mol. The number of carbonyl (C=O) groups is 1. The molecule has 4 heterocycles. The first-order valence-corrected chi connectivity index (χ1v) is 9.57. The molecule has 0 radical (unpaired) electrons. The quantitative estimate of drug-likeness (QED) is 0.707. The Labute approximate surface area is 156 Å². The van der Waals surface area contributed by atoms with E-state index >= 15 is 0 Å². The number of nitrogens with zero attached hydrogens (tertiary/aromatic N) is 5. The van der Waals surface area contributed by atoms with Gasteiger partial charge in [-0.25, -0.2) is 15.0 Å². The highest BCUT2D eigenvalue weighted by Crippen LogP contribution is 2.35. The molecule has 1 amide bonds. The maximum Gasteiger partial charge on any atom is 0.266 e. The average Bonchev–Trinajstić information content (AvgIpc) is 3.36. The highest BCUT2D eigenvalue weighted by atomic mass is 32.1. The summed E-state index contributed by atoms with van der Waals surface area (Å²) in [6, 6.07) is 5.82. The number of hydrogen-bond donors (Lipinski definition) is 0. The van der Waals surface area contributed by atoms with Crippen molar-refractivity contribution in [3.63, 3.8) is 0 Å². The molecule has 0 aliphatic carbocycles. The third-order valence-corrected chi connectivity index (χ3v) is 5.65. The lowest BCUT2D eigenvalue weighted by Gasteiger charge is -2.24. The molecule has 7 heteroatoms. The third-order valence-electron chi connectivity index (χ3n) is 4.57. The van der Waals surface area contributed by atoms with E-state index in [1.807, 2.05) is 30.2 Å². The predicted octanol–water partition coefficient (Wildman–Crippen LogP) is 3.53. The summed E-state index contributed by atoms with van der Waals surface area (Å²) in [7, 11) is 0. The van der Waals surface area contributed by atoms with Gasteiger partial charge < -0.3 is 4.90 Å². The molecule has 0 bridgehead atoms. The molecule has 1 aliphatic rings. The smallest absolute Gasteiger partial charge is 0.266 e. The maximum atomic E-state index is 13.3. The highest BCUT2D eigenvalue weighted by molar-refractivity contribution is 7.17. The maximum absolute atomic E-state index is 13.3. The number of aromatic nitrogens is 4. The van der Waals surface area contributed by atoms with E-state index in [1.165, 1.54) is 11.3 Å². The van der Waals surface area contributed by atoms with Crippen LogP contribution in [0.1, 0.15) is 46.7 Å². The van der Waals surface area contributed by atoms with Crippen molar-refractivity contribution in [2.24, 2.45) is 0 Å². The van der Waals surface area contributed by atoms with Gasteiger partial charge in [0, 0.05) is 31.3 Å². The normalized spacial score (nSPS) is 16.8. The molecule has 1 saturated heterocycles. The molecule has 3 aromatic rings. The zero-order chi connectivity index (χ0) is 17.9. The summed E-state index contributed by atoms with van der Waals surface area (Å²) < 4.78 is 0. The number of pyridine rings is 1. The molecule has 1 atom stereocenters. The second kappa shape index (κ2) is 7.29. The lowest BCUT2D eigenvalue weighted by Crippen LogP contribution is -2.30. The molecule has 0 N–H and O–H groups in total. The number of rotatable bonds is 4. The fourth-order valence-electron chi connectivity index (χ4n) is 3.32. The summed E-state index contributed by atoms with van der Waals surface area (Å²) in [5.74, 6) is 0.615. The topological polar surface area (TPSA) is 71.9 Å². The molecule has 4 rings (SSSR count). The van der Waals surface area contributed by atoms with Gasteiger partial charge in [-0.1, -0.05) is 13.0 Å². The molecule has 1 unspecified atom stereocenters. The standard InChI is InChI=1S/C19H19N5OS/c1-2-14-16(26-18(23-14)17-21-9-5-10-22-17)19(25)24-11-4-7-15(24)13-6-3-8-20-12-13/h3,5-6,8-10,12,15H,2,4,7,11H2,1H3. The number of amides is 1. The van der Waals surface area contributed by atoms with Crippen LogP contribution in [-0.4, -0.2) is 37.3 Å². The molecule has 1 aliphatic heterocycles. The number of thiazole rings is 1. The molecule has 0 aromatic carbocycles. The fourth-order valence-corrected chi connectivity index (χ4v) is 4.38. The van der Waals surface area contributed by atoms with E-state index in [2.05, 4.69) is 19.9 Å². The molecule has 0 spiro atoms. The Bertz CT molecular complexity index is 897. The van der Waals surface area contributed by atoms with Crippen LogP contribution in [0.25, 0.3) is 10.8 Å². The Morgan fingerprint density at radius 1 is 1.27 bits per heavy atom. The van der Waals surface area contributed by atoms with Crippen molar-refractivity contribution < 1.29 is 4.79 Å². The summed E-state index contributed by atoms with van der Waals surface area (Å²) in [6.07, 6.45) is 9.66. The summed E-state index contributed by atoms with van der Waals surface area (Å²) >= 11 is 1.39. The van der Waals surface area contributed by atoms with Gasteiger partial charge in [0.15, 0.2) is 10.8 Å². The van der Waals surface area contributed by atoms with Crippen molar-refractivity contribution in [2.45, 2.75) is 32.2 Å². The van der Waals surface area contributed by atoms with Crippen molar-refractivity contribution in [1.29, 1.82) is 0 Å². The first-order chi connectivity index (χ1) is 12.8. The van der Waals surface area contributed by atoms with Crippen molar-refractivity contribution in [2.75, 3.05) is 6.54 Å². The minimum atomic E-state index is 0.0490. The number of aryl methyl sites for hydroxylation is 1. The van der Waals surface area contributed by atoms with Crippen LogP contribution >= 0.6 is 11.3 Å². The van der Waals surface area contributed by atoms with Crippen molar-refractivity contribution in [1.82, 2.24) is 24.8 Å². The molecule has 132 valence electrons. The zero-order valence-corrected chi connectivity index (χ0v) is 15.3. The molecule has 3 aromatic heterocycles. The van der Waals surface area contributed by atoms with Crippen molar-refractivity contribution in [3.8, 4) is 10.8 Å². The van der Waals surface area contributed by atoms with Crippen molar-refractivity contribution in [3.05, 3.63) is 59.1 Å². The van der Waals surface area contributed by atoms with Gasteiger partial charge in [0.1, 0.15) is 4.88 Å². The first kappa shape index (κ1) is 16.8.